The van der Waals surface area contributed by atoms with E-state index in [9.17, 15) is 19.5 Å². The van der Waals surface area contributed by atoms with Crippen LogP contribution in [0, 0.1) is 0 Å². The quantitative estimate of drug-likeness (QED) is 0.287. The summed E-state index contributed by atoms with van der Waals surface area (Å²) >= 11 is 5.71. The fourth-order valence-corrected chi connectivity index (χ4v) is 6.55. The van der Waals surface area contributed by atoms with Crippen LogP contribution in [0.1, 0.15) is 33.4 Å². The van der Waals surface area contributed by atoms with E-state index in [1.54, 1.807) is 45.0 Å². The molecule has 0 aliphatic carbocycles. The lowest BCUT2D eigenvalue weighted by molar-refractivity contribution is -0.227. The molecule has 2 fully saturated rings. The van der Waals surface area contributed by atoms with Gasteiger partial charge < -0.3 is 28.4 Å². The minimum absolute atomic E-state index is 0.232. The SMILES string of the molecule is CC(C)OC(=O)C(C)NP(=S)(OCC1OC(n2ccc(=O)[nH]c2=O)[C@@]2(CCO2)[C@@H]1O)Oc1ccccc1. The average molecular weight is 556 g/mol. The van der Waals surface area contributed by atoms with Crippen molar-refractivity contribution in [1.29, 1.82) is 0 Å². The summed E-state index contributed by atoms with van der Waals surface area (Å²) in [5.41, 5.74) is -2.45. The Hall–Kier alpha value is -2.38. The number of aromatic nitrogens is 2. The molecule has 0 saturated carbocycles. The Balaban J connectivity index is 1.53. The van der Waals surface area contributed by atoms with Gasteiger partial charge in [0.25, 0.3) is 5.56 Å². The highest BCUT2D eigenvalue weighted by Crippen LogP contribution is 2.50. The van der Waals surface area contributed by atoms with Gasteiger partial charge in [0.2, 0.25) is 0 Å². The van der Waals surface area contributed by atoms with Crippen molar-refractivity contribution >= 4 is 24.4 Å². The molecule has 1 spiro atoms. The molecule has 4 unspecified atom stereocenters. The van der Waals surface area contributed by atoms with Gasteiger partial charge in [0.05, 0.1) is 19.3 Å². The highest BCUT2D eigenvalue weighted by molar-refractivity contribution is 8.09. The second kappa shape index (κ2) is 11.2. The molecule has 12 nitrogen and oxygen atoms in total. The van der Waals surface area contributed by atoms with Crippen LogP contribution in [0.4, 0.5) is 0 Å². The third-order valence-electron chi connectivity index (χ3n) is 5.98. The van der Waals surface area contributed by atoms with Gasteiger partial charge in [-0.2, -0.15) is 0 Å². The number of H-pyrrole nitrogens is 1. The van der Waals surface area contributed by atoms with Crippen LogP contribution < -0.4 is 20.9 Å². The molecule has 0 bridgehead atoms. The smallest absolute Gasteiger partial charge is 0.330 e. The van der Waals surface area contributed by atoms with Crippen molar-refractivity contribution in [3.8, 4) is 5.75 Å². The summed E-state index contributed by atoms with van der Waals surface area (Å²) in [5.74, 6) is -0.104. The van der Waals surface area contributed by atoms with Gasteiger partial charge in [0, 0.05) is 18.7 Å². The number of esters is 1. The summed E-state index contributed by atoms with van der Waals surface area (Å²) in [6.07, 6.45) is -1.74. The van der Waals surface area contributed by atoms with Crippen LogP contribution in [-0.2, 0) is 35.3 Å². The first-order chi connectivity index (χ1) is 17.5. The molecule has 2 aliphatic rings. The Kier molecular flexibility index (Phi) is 8.34. The molecule has 2 aromatic rings. The second-order valence-corrected chi connectivity index (χ2v) is 12.2. The lowest BCUT2D eigenvalue weighted by Crippen LogP contribution is -2.57. The van der Waals surface area contributed by atoms with Gasteiger partial charge in [-0.3, -0.25) is 19.1 Å². The first kappa shape index (κ1) is 27.6. The highest BCUT2D eigenvalue weighted by atomic mass is 32.5. The van der Waals surface area contributed by atoms with E-state index in [4.69, 9.17) is 35.1 Å². The fourth-order valence-electron chi connectivity index (χ4n) is 4.13. The van der Waals surface area contributed by atoms with E-state index >= 15 is 0 Å². The van der Waals surface area contributed by atoms with Gasteiger partial charge in [0.15, 0.2) is 6.23 Å². The summed E-state index contributed by atoms with van der Waals surface area (Å²) in [7, 11) is 0. The standard InChI is InChI=1S/C23H30N3O9PS/c1-14(2)33-20(29)15(3)25-36(37,35-16-7-5-4-6-8-16)32-13-17-19(28)23(10-12-31-23)21(34-17)26-11-9-18(27)24-22(26)30/h4-9,11,14-15,17,19,21,28H,10,12-13H2,1-3H3,(H,25,37)(H,24,27,30)/t15?,17?,19-,21?,23-,36?/m1/s1. The van der Waals surface area contributed by atoms with Crippen molar-refractivity contribution in [2.75, 3.05) is 13.2 Å². The number of hydrogen-bond donors (Lipinski definition) is 3. The summed E-state index contributed by atoms with van der Waals surface area (Å²) < 4.78 is 30.2. The van der Waals surface area contributed by atoms with Crippen LogP contribution in [-0.4, -0.2) is 63.8 Å². The molecular weight excluding hydrogens is 525 g/mol. The number of ether oxygens (including phenoxy) is 3. The zero-order valence-corrected chi connectivity index (χ0v) is 22.3. The minimum Gasteiger partial charge on any atom is -0.462 e. The van der Waals surface area contributed by atoms with Gasteiger partial charge in [-0.25, -0.2) is 9.88 Å². The van der Waals surface area contributed by atoms with Crippen LogP contribution in [0.25, 0.3) is 0 Å². The third kappa shape index (κ3) is 6.04. The maximum atomic E-state index is 12.4. The molecule has 3 heterocycles. The Labute approximate surface area is 218 Å². The summed E-state index contributed by atoms with van der Waals surface area (Å²) in [6.45, 7) is 1.81. The monoisotopic (exact) mass is 555 g/mol. The molecule has 1 aromatic heterocycles. The van der Waals surface area contributed by atoms with Gasteiger partial charge in [-0.1, -0.05) is 18.2 Å². The number of aliphatic hydroxyl groups is 1. The number of benzene rings is 1. The topological polar surface area (TPSA) is 150 Å². The first-order valence-corrected chi connectivity index (χ1v) is 14.4. The summed E-state index contributed by atoms with van der Waals surface area (Å²) in [4.78, 5) is 38.5. The molecule has 2 saturated heterocycles. The second-order valence-electron chi connectivity index (χ2n) is 9.08. The average Bonchev–Trinajstić information content (AvgIpc) is 3.10. The number of aromatic amines is 1. The van der Waals surface area contributed by atoms with Crippen molar-refractivity contribution in [3.05, 3.63) is 63.4 Å². The number of aliphatic hydroxyl groups excluding tert-OH is 1. The molecule has 1 aromatic carbocycles. The molecule has 202 valence electrons. The van der Waals surface area contributed by atoms with Crippen molar-refractivity contribution in [3.63, 3.8) is 0 Å². The van der Waals surface area contributed by atoms with Crippen molar-refractivity contribution in [1.82, 2.24) is 14.6 Å². The van der Waals surface area contributed by atoms with E-state index in [1.165, 1.54) is 16.8 Å². The van der Waals surface area contributed by atoms with E-state index in [2.05, 4.69) is 10.1 Å². The molecule has 0 amide bonds. The van der Waals surface area contributed by atoms with Crippen LogP contribution in [0.3, 0.4) is 0 Å². The fraction of sp³-hybridized carbons (Fsp3) is 0.522. The van der Waals surface area contributed by atoms with Crippen LogP contribution in [0.15, 0.2) is 52.2 Å². The molecule has 2 aliphatic heterocycles. The Morgan fingerprint density at radius 3 is 2.59 bits per heavy atom. The first-order valence-electron chi connectivity index (χ1n) is 11.8. The maximum Gasteiger partial charge on any atom is 0.330 e. The zero-order chi connectivity index (χ0) is 26.8. The molecule has 0 radical (unpaired) electrons. The molecule has 14 heteroatoms. The molecule has 37 heavy (non-hydrogen) atoms. The van der Waals surface area contributed by atoms with E-state index in [1.807, 2.05) is 6.07 Å². The largest absolute Gasteiger partial charge is 0.462 e. The number of rotatable bonds is 10. The lowest BCUT2D eigenvalue weighted by Gasteiger charge is -2.44. The Morgan fingerprint density at radius 2 is 2.00 bits per heavy atom. The summed E-state index contributed by atoms with van der Waals surface area (Å²) in [5, 5.41) is 14.1. The minimum atomic E-state index is -3.38. The van der Waals surface area contributed by atoms with Gasteiger partial charge in [-0.15, -0.1) is 0 Å². The third-order valence-corrected chi connectivity index (χ3v) is 8.48. The van der Waals surface area contributed by atoms with E-state index in [-0.39, 0.29) is 12.7 Å². The Bertz CT molecular complexity index is 1260. The van der Waals surface area contributed by atoms with E-state index in [0.29, 0.717) is 18.8 Å². The van der Waals surface area contributed by atoms with Crippen LogP contribution in [0.5, 0.6) is 5.75 Å². The van der Waals surface area contributed by atoms with E-state index < -0.39 is 53.9 Å². The predicted molar refractivity (Wildman–Crippen MR) is 136 cm³/mol. The number of hydrogen-bond acceptors (Lipinski definition) is 10. The van der Waals surface area contributed by atoms with Crippen molar-refractivity contribution < 1.29 is 33.2 Å². The molecule has 3 N–H and O–H groups in total. The number of para-hydroxylation sites is 1. The zero-order valence-electron chi connectivity index (χ0n) is 20.6. The molecular formula is C23H30N3O9PS. The molecule has 6 atom stereocenters. The summed E-state index contributed by atoms with van der Waals surface area (Å²) in [6, 6.07) is 9.06. The number of carbonyl (C=O) groups is 1. The van der Waals surface area contributed by atoms with Gasteiger partial charge >= 0.3 is 18.3 Å². The van der Waals surface area contributed by atoms with Crippen LogP contribution >= 0.6 is 6.64 Å². The maximum absolute atomic E-state index is 12.4. The number of nitrogens with zero attached hydrogens (tertiary/aromatic N) is 1. The molecule has 4 rings (SSSR count). The van der Waals surface area contributed by atoms with Gasteiger partial charge in [0.1, 0.15) is 29.6 Å². The lowest BCUT2D eigenvalue weighted by atomic mass is 9.86. The van der Waals surface area contributed by atoms with E-state index in [0.717, 1.165) is 0 Å². The Morgan fingerprint density at radius 1 is 1.30 bits per heavy atom. The van der Waals surface area contributed by atoms with Crippen molar-refractivity contribution in [2.24, 2.45) is 0 Å². The van der Waals surface area contributed by atoms with Gasteiger partial charge in [-0.05, 0) is 44.7 Å². The normalized spacial score (nSPS) is 27.4. The van der Waals surface area contributed by atoms with Crippen LogP contribution in [0.2, 0.25) is 0 Å². The number of nitrogens with one attached hydrogen (secondary N) is 2. The number of carbonyl (C=O) groups excluding carboxylic acids is 1. The van der Waals surface area contributed by atoms with Crippen molar-refractivity contribution in [2.45, 2.75) is 63.4 Å². The predicted octanol–water partition coefficient (Wildman–Crippen LogP) is 1.20. The highest BCUT2D eigenvalue weighted by Gasteiger charge is 2.62.